The molecular formula is C23H27N7O3. The highest BCUT2D eigenvalue weighted by molar-refractivity contribution is 5.98. The normalized spacial score (nSPS) is 11.6. The van der Waals surface area contributed by atoms with Gasteiger partial charge in [-0.3, -0.25) is 24.4 Å². The summed E-state index contributed by atoms with van der Waals surface area (Å²) in [6.45, 7) is 3.96. The Morgan fingerprint density at radius 3 is 2.58 bits per heavy atom. The van der Waals surface area contributed by atoms with Crippen LogP contribution in [0.2, 0.25) is 0 Å². The Labute approximate surface area is 191 Å². The number of anilines is 3. The van der Waals surface area contributed by atoms with Gasteiger partial charge in [-0.1, -0.05) is 32.0 Å². The van der Waals surface area contributed by atoms with Crippen molar-refractivity contribution in [3.05, 3.63) is 64.6 Å². The third-order valence-electron chi connectivity index (χ3n) is 4.83. The molecule has 0 spiro atoms. The molecule has 1 atom stereocenters. The highest BCUT2D eigenvalue weighted by atomic mass is 16.2. The maximum absolute atomic E-state index is 12.6. The van der Waals surface area contributed by atoms with Gasteiger partial charge in [0.2, 0.25) is 11.9 Å². The Bertz CT molecular complexity index is 1190. The first-order valence-corrected chi connectivity index (χ1v) is 10.5. The van der Waals surface area contributed by atoms with Crippen LogP contribution in [0, 0.1) is 5.92 Å². The Morgan fingerprint density at radius 1 is 1.15 bits per heavy atom. The third-order valence-corrected chi connectivity index (χ3v) is 4.83. The maximum atomic E-state index is 12.6. The van der Waals surface area contributed by atoms with E-state index in [1.165, 1.54) is 7.05 Å². The Hall–Kier alpha value is -4.21. The molecule has 10 nitrogen and oxygen atoms in total. The molecule has 0 radical (unpaired) electrons. The fourth-order valence-electron chi connectivity index (χ4n) is 3.33. The summed E-state index contributed by atoms with van der Waals surface area (Å²) in [6.07, 6.45) is 2.20. The number of aromatic nitrogens is 3. The zero-order valence-electron chi connectivity index (χ0n) is 18.7. The number of benzene rings is 1. The molecule has 10 heteroatoms. The van der Waals surface area contributed by atoms with Crippen molar-refractivity contribution in [2.24, 2.45) is 11.7 Å². The Kier molecular flexibility index (Phi) is 7.39. The zero-order chi connectivity index (χ0) is 24.0. The highest BCUT2D eigenvalue weighted by Crippen LogP contribution is 2.24. The first kappa shape index (κ1) is 23.5. The molecule has 2 amide bonds. The summed E-state index contributed by atoms with van der Waals surface area (Å²) in [7, 11) is 1.53. The smallest absolute Gasteiger partial charge is 0.267 e. The molecular weight excluding hydrogens is 422 g/mol. The van der Waals surface area contributed by atoms with Crippen molar-refractivity contribution in [3.8, 4) is 11.3 Å². The molecule has 0 aliphatic carbocycles. The summed E-state index contributed by atoms with van der Waals surface area (Å²) < 4.78 is 0. The molecule has 3 rings (SSSR count). The van der Waals surface area contributed by atoms with Crippen LogP contribution in [0.1, 0.15) is 30.6 Å². The van der Waals surface area contributed by atoms with Crippen LogP contribution in [0.5, 0.6) is 0 Å². The van der Waals surface area contributed by atoms with Crippen molar-refractivity contribution in [1.82, 2.24) is 20.3 Å². The predicted molar refractivity (Wildman–Crippen MR) is 127 cm³/mol. The fourth-order valence-corrected chi connectivity index (χ4v) is 3.33. The van der Waals surface area contributed by atoms with Crippen molar-refractivity contribution in [1.29, 1.82) is 0 Å². The lowest BCUT2D eigenvalue weighted by atomic mass is 10.0. The molecule has 172 valence electrons. The van der Waals surface area contributed by atoms with Crippen LogP contribution in [0.4, 0.5) is 17.5 Å². The number of hydrogen-bond acceptors (Lipinski definition) is 7. The van der Waals surface area contributed by atoms with E-state index in [9.17, 15) is 14.4 Å². The second-order valence-electron chi connectivity index (χ2n) is 7.86. The van der Waals surface area contributed by atoms with Gasteiger partial charge in [0, 0.05) is 24.5 Å². The average molecular weight is 450 g/mol. The SMILES string of the molecule is CNC(=O)[C@@H](CC(C)C)Nc1nc(Nc2cccc(-c3ccccn3)c2)c(C(N)=O)c(=O)[nH]1. The standard InChI is InChI=1S/C23H27N7O3/c1-13(2)11-17(21(32)25-3)28-23-29-20(18(19(24)31)22(33)30-23)27-15-8-6-7-14(12-15)16-9-4-5-10-26-16/h4-10,12-13,17H,11H2,1-3H3,(H2,24,31)(H,25,32)(H3,27,28,29,30,33)/t17-/m1/s1. The Balaban J connectivity index is 1.97. The summed E-state index contributed by atoms with van der Waals surface area (Å²) in [5.74, 6) is -0.940. The van der Waals surface area contributed by atoms with E-state index in [1.807, 2.05) is 50.2 Å². The van der Waals surface area contributed by atoms with E-state index in [4.69, 9.17) is 5.73 Å². The Morgan fingerprint density at radius 2 is 1.94 bits per heavy atom. The zero-order valence-corrected chi connectivity index (χ0v) is 18.7. The number of carbonyl (C=O) groups excluding carboxylic acids is 2. The second-order valence-corrected chi connectivity index (χ2v) is 7.86. The molecule has 0 fully saturated rings. The largest absolute Gasteiger partial charge is 0.365 e. The highest BCUT2D eigenvalue weighted by Gasteiger charge is 2.22. The maximum Gasteiger partial charge on any atom is 0.267 e. The summed E-state index contributed by atoms with van der Waals surface area (Å²) in [5, 5.41) is 8.55. The topological polar surface area (TPSA) is 155 Å². The number of nitrogens with zero attached hydrogens (tertiary/aromatic N) is 2. The lowest BCUT2D eigenvalue weighted by Gasteiger charge is -2.20. The number of aromatic amines is 1. The average Bonchev–Trinajstić information content (AvgIpc) is 2.78. The molecule has 0 aliphatic rings. The second kappa shape index (κ2) is 10.4. The molecule has 0 bridgehead atoms. The number of likely N-dealkylation sites (N-methyl/N-ethyl adjacent to an activating group) is 1. The van der Waals surface area contributed by atoms with Gasteiger partial charge in [0.15, 0.2) is 5.82 Å². The van der Waals surface area contributed by atoms with E-state index in [2.05, 4.69) is 30.9 Å². The fraction of sp³-hybridized carbons (Fsp3) is 0.261. The van der Waals surface area contributed by atoms with Crippen molar-refractivity contribution < 1.29 is 9.59 Å². The van der Waals surface area contributed by atoms with Gasteiger partial charge < -0.3 is 21.7 Å². The number of amides is 2. The first-order valence-electron chi connectivity index (χ1n) is 10.5. The van der Waals surface area contributed by atoms with Gasteiger partial charge in [-0.05, 0) is 36.6 Å². The van der Waals surface area contributed by atoms with Crippen molar-refractivity contribution >= 4 is 29.3 Å². The van der Waals surface area contributed by atoms with E-state index < -0.39 is 17.5 Å². The van der Waals surface area contributed by atoms with Crippen LogP contribution in [0.15, 0.2) is 53.5 Å². The third kappa shape index (κ3) is 5.94. The molecule has 6 N–H and O–H groups in total. The van der Waals surface area contributed by atoms with E-state index in [0.717, 1.165) is 11.3 Å². The minimum atomic E-state index is -0.927. The summed E-state index contributed by atoms with van der Waals surface area (Å²) >= 11 is 0. The summed E-state index contributed by atoms with van der Waals surface area (Å²) in [4.78, 5) is 48.1. The van der Waals surface area contributed by atoms with Gasteiger partial charge in [0.1, 0.15) is 11.6 Å². The van der Waals surface area contributed by atoms with Gasteiger partial charge >= 0.3 is 0 Å². The summed E-state index contributed by atoms with van der Waals surface area (Å²) in [6, 6.07) is 12.2. The van der Waals surface area contributed by atoms with E-state index >= 15 is 0 Å². The van der Waals surface area contributed by atoms with E-state index in [1.54, 1.807) is 12.3 Å². The lowest BCUT2D eigenvalue weighted by molar-refractivity contribution is -0.121. The minimum Gasteiger partial charge on any atom is -0.365 e. The monoisotopic (exact) mass is 449 g/mol. The van der Waals surface area contributed by atoms with Gasteiger partial charge in [-0.25, -0.2) is 0 Å². The number of carbonyl (C=O) groups is 2. The van der Waals surface area contributed by atoms with Crippen LogP contribution >= 0.6 is 0 Å². The van der Waals surface area contributed by atoms with Crippen LogP contribution in [0.3, 0.4) is 0 Å². The van der Waals surface area contributed by atoms with Crippen LogP contribution < -0.4 is 27.2 Å². The number of H-pyrrole nitrogens is 1. The number of pyridine rings is 1. The molecule has 0 unspecified atom stereocenters. The van der Waals surface area contributed by atoms with Crippen molar-refractivity contribution in [2.75, 3.05) is 17.7 Å². The summed E-state index contributed by atoms with van der Waals surface area (Å²) in [5.41, 5.74) is 6.59. The number of nitrogens with one attached hydrogen (secondary N) is 4. The molecule has 0 aliphatic heterocycles. The number of rotatable bonds is 9. The molecule has 0 saturated carbocycles. The molecule has 33 heavy (non-hydrogen) atoms. The first-order chi connectivity index (χ1) is 15.8. The molecule has 1 aromatic carbocycles. The van der Waals surface area contributed by atoms with Crippen molar-refractivity contribution in [3.63, 3.8) is 0 Å². The van der Waals surface area contributed by atoms with Crippen LogP contribution in [0.25, 0.3) is 11.3 Å². The van der Waals surface area contributed by atoms with Crippen molar-refractivity contribution in [2.45, 2.75) is 26.3 Å². The van der Waals surface area contributed by atoms with Crippen LogP contribution in [-0.2, 0) is 4.79 Å². The van der Waals surface area contributed by atoms with Gasteiger partial charge in [0.25, 0.3) is 11.5 Å². The molecule has 2 aromatic heterocycles. The van der Waals surface area contributed by atoms with Crippen LogP contribution in [-0.4, -0.2) is 39.9 Å². The van der Waals surface area contributed by atoms with Gasteiger partial charge in [-0.15, -0.1) is 0 Å². The minimum absolute atomic E-state index is 0.0212. The molecule has 3 aromatic rings. The van der Waals surface area contributed by atoms with E-state index in [0.29, 0.717) is 12.1 Å². The molecule has 2 heterocycles. The number of primary amides is 1. The predicted octanol–water partition coefficient (Wildman–Crippen LogP) is 2.25. The quantitative estimate of drug-likeness (QED) is 0.335. The van der Waals surface area contributed by atoms with Gasteiger partial charge in [-0.2, -0.15) is 4.98 Å². The number of hydrogen-bond donors (Lipinski definition) is 5. The molecule has 0 saturated heterocycles. The lowest BCUT2D eigenvalue weighted by Crippen LogP contribution is -2.40. The van der Waals surface area contributed by atoms with Gasteiger partial charge in [0.05, 0.1) is 5.69 Å². The number of nitrogens with two attached hydrogens (primary N) is 1. The van der Waals surface area contributed by atoms with E-state index in [-0.39, 0.29) is 29.2 Å².